The molecule has 0 atom stereocenters. The molecule has 0 bridgehead atoms. The number of carbonyl (C=O) groups excluding carboxylic acids is 1. The van der Waals surface area contributed by atoms with Crippen LogP contribution in [0.1, 0.15) is 18.4 Å². The molecule has 0 unspecified atom stereocenters. The Morgan fingerprint density at radius 2 is 2.09 bits per heavy atom. The summed E-state index contributed by atoms with van der Waals surface area (Å²) in [7, 11) is 1.54. The SMILES string of the molecule is COc1cc(Br)ccc1OCC(=O)N/N=C(\C)c1ccc(C)o1. The normalized spacial score (nSPS) is 11.2. The van der Waals surface area contributed by atoms with Crippen molar-refractivity contribution < 1.29 is 18.7 Å². The van der Waals surface area contributed by atoms with Crippen LogP contribution in [-0.4, -0.2) is 25.3 Å². The number of methoxy groups -OCH3 is 1. The lowest BCUT2D eigenvalue weighted by Gasteiger charge is -2.10. The minimum atomic E-state index is -0.377. The lowest BCUT2D eigenvalue weighted by atomic mass is 10.3. The van der Waals surface area contributed by atoms with Gasteiger partial charge in [-0.25, -0.2) is 5.43 Å². The number of amides is 1. The van der Waals surface area contributed by atoms with Gasteiger partial charge in [0, 0.05) is 4.47 Å². The van der Waals surface area contributed by atoms with Gasteiger partial charge in [-0.2, -0.15) is 5.10 Å². The third-order valence-electron chi connectivity index (χ3n) is 2.93. The minimum absolute atomic E-state index is 0.175. The Kier molecular flexibility index (Phi) is 5.81. The van der Waals surface area contributed by atoms with E-state index in [0.717, 1.165) is 10.2 Å². The van der Waals surface area contributed by atoms with Crippen molar-refractivity contribution in [1.29, 1.82) is 0 Å². The van der Waals surface area contributed by atoms with E-state index in [1.165, 1.54) is 7.11 Å². The number of ether oxygens (including phenoxy) is 2. The molecule has 1 aromatic carbocycles. The van der Waals surface area contributed by atoms with E-state index in [4.69, 9.17) is 13.9 Å². The van der Waals surface area contributed by atoms with E-state index in [-0.39, 0.29) is 12.5 Å². The van der Waals surface area contributed by atoms with Crippen molar-refractivity contribution >= 4 is 27.5 Å². The second kappa shape index (κ2) is 7.82. The van der Waals surface area contributed by atoms with Crippen molar-refractivity contribution in [3.8, 4) is 11.5 Å². The number of carbonyl (C=O) groups is 1. The number of aryl methyl sites for hydroxylation is 1. The number of benzene rings is 1. The summed E-state index contributed by atoms with van der Waals surface area (Å²) < 4.78 is 16.9. The molecule has 0 spiro atoms. The predicted octanol–water partition coefficient (Wildman–Crippen LogP) is 3.28. The zero-order chi connectivity index (χ0) is 16.8. The fourth-order valence-electron chi connectivity index (χ4n) is 1.77. The monoisotopic (exact) mass is 380 g/mol. The predicted molar refractivity (Wildman–Crippen MR) is 90.0 cm³/mol. The van der Waals surface area contributed by atoms with Gasteiger partial charge in [0.2, 0.25) is 0 Å². The number of hydrogen-bond donors (Lipinski definition) is 1. The maximum atomic E-state index is 11.8. The zero-order valence-electron chi connectivity index (χ0n) is 13.1. The molecule has 2 aromatic rings. The van der Waals surface area contributed by atoms with Crippen LogP contribution in [0.3, 0.4) is 0 Å². The van der Waals surface area contributed by atoms with Crippen LogP contribution in [0.4, 0.5) is 0 Å². The van der Waals surface area contributed by atoms with Gasteiger partial charge in [0.05, 0.1) is 7.11 Å². The van der Waals surface area contributed by atoms with Gasteiger partial charge in [0.25, 0.3) is 5.91 Å². The Morgan fingerprint density at radius 3 is 2.74 bits per heavy atom. The van der Waals surface area contributed by atoms with Crippen LogP contribution in [0.5, 0.6) is 11.5 Å². The van der Waals surface area contributed by atoms with Gasteiger partial charge < -0.3 is 13.9 Å². The van der Waals surface area contributed by atoms with Crippen LogP contribution in [0.25, 0.3) is 0 Å². The number of rotatable bonds is 6. The average molecular weight is 381 g/mol. The highest BCUT2D eigenvalue weighted by molar-refractivity contribution is 9.10. The maximum Gasteiger partial charge on any atom is 0.277 e. The van der Waals surface area contributed by atoms with Gasteiger partial charge in [-0.3, -0.25) is 4.79 Å². The maximum absolute atomic E-state index is 11.8. The summed E-state index contributed by atoms with van der Waals surface area (Å²) in [4.78, 5) is 11.8. The molecular formula is C16H17BrN2O4. The molecule has 7 heteroatoms. The highest BCUT2D eigenvalue weighted by atomic mass is 79.9. The first kappa shape index (κ1) is 17.1. The van der Waals surface area contributed by atoms with Crippen LogP contribution in [0.15, 0.2) is 44.3 Å². The molecule has 23 heavy (non-hydrogen) atoms. The van der Waals surface area contributed by atoms with Crippen molar-refractivity contribution in [2.75, 3.05) is 13.7 Å². The topological polar surface area (TPSA) is 73.1 Å². The van der Waals surface area contributed by atoms with Gasteiger partial charge in [0.1, 0.15) is 17.2 Å². The number of hydrazone groups is 1. The molecule has 1 aromatic heterocycles. The molecule has 0 fully saturated rings. The summed E-state index contributed by atoms with van der Waals surface area (Å²) in [6, 6.07) is 8.91. The lowest BCUT2D eigenvalue weighted by Crippen LogP contribution is -2.25. The fourth-order valence-corrected chi connectivity index (χ4v) is 2.11. The van der Waals surface area contributed by atoms with E-state index in [1.54, 1.807) is 31.2 Å². The van der Waals surface area contributed by atoms with Crippen molar-refractivity contribution in [2.45, 2.75) is 13.8 Å². The molecule has 122 valence electrons. The van der Waals surface area contributed by atoms with Crippen molar-refractivity contribution in [3.05, 3.63) is 46.3 Å². The molecule has 0 saturated heterocycles. The van der Waals surface area contributed by atoms with Crippen LogP contribution in [0.2, 0.25) is 0 Å². The Labute approximate surface area is 142 Å². The number of nitrogens with zero attached hydrogens (tertiary/aromatic N) is 1. The second-order valence-corrected chi connectivity index (χ2v) is 5.64. The standard InChI is InChI=1S/C16H17BrN2O4/c1-10-4-6-13(23-10)11(2)18-19-16(20)9-22-14-7-5-12(17)8-15(14)21-3/h4-8H,9H2,1-3H3,(H,19,20)/b18-11+. The van der Waals surface area contributed by atoms with Gasteiger partial charge in [-0.15, -0.1) is 0 Å². The highest BCUT2D eigenvalue weighted by Gasteiger charge is 2.08. The fraction of sp³-hybridized carbons (Fsp3) is 0.250. The number of hydrogen-bond acceptors (Lipinski definition) is 5. The second-order valence-electron chi connectivity index (χ2n) is 4.73. The van der Waals surface area contributed by atoms with Gasteiger partial charge >= 0.3 is 0 Å². The number of furan rings is 1. The quantitative estimate of drug-likeness (QED) is 0.616. The van der Waals surface area contributed by atoms with Crippen LogP contribution in [-0.2, 0) is 4.79 Å². The highest BCUT2D eigenvalue weighted by Crippen LogP contribution is 2.29. The summed E-state index contributed by atoms with van der Waals surface area (Å²) in [5, 5.41) is 3.98. The first-order chi connectivity index (χ1) is 11.0. The average Bonchev–Trinajstić information content (AvgIpc) is 2.97. The minimum Gasteiger partial charge on any atom is -0.493 e. The molecule has 6 nitrogen and oxygen atoms in total. The number of nitrogens with one attached hydrogen (secondary N) is 1. The summed E-state index contributed by atoms with van der Waals surface area (Å²) in [5.74, 6) is 2.04. The van der Waals surface area contributed by atoms with Crippen LogP contribution in [0, 0.1) is 6.92 Å². The summed E-state index contributed by atoms with van der Waals surface area (Å²) >= 11 is 3.34. The molecule has 0 radical (unpaired) electrons. The Bertz CT molecular complexity index is 725. The first-order valence-corrected chi connectivity index (χ1v) is 7.65. The Morgan fingerprint density at radius 1 is 1.30 bits per heavy atom. The summed E-state index contributed by atoms with van der Waals surface area (Å²) in [5.41, 5.74) is 3.00. The van der Waals surface area contributed by atoms with Crippen LogP contribution < -0.4 is 14.9 Å². The third kappa shape index (κ3) is 4.85. The molecule has 0 aliphatic carbocycles. The molecule has 1 amide bonds. The molecule has 0 aliphatic rings. The van der Waals surface area contributed by atoms with E-state index >= 15 is 0 Å². The van der Waals surface area contributed by atoms with E-state index in [2.05, 4.69) is 26.5 Å². The van der Waals surface area contributed by atoms with Gasteiger partial charge in [-0.05, 0) is 44.2 Å². The zero-order valence-corrected chi connectivity index (χ0v) is 14.6. The van der Waals surface area contributed by atoms with Gasteiger partial charge in [-0.1, -0.05) is 15.9 Å². The Hall–Kier alpha value is -2.28. The first-order valence-electron chi connectivity index (χ1n) is 6.86. The Balaban J connectivity index is 1.90. The van der Waals surface area contributed by atoms with E-state index < -0.39 is 0 Å². The summed E-state index contributed by atoms with van der Waals surface area (Å²) in [6.45, 7) is 3.41. The molecule has 1 N–H and O–H groups in total. The smallest absolute Gasteiger partial charge is 0.277 e. The molecule has 1 heterocycles. The van der Waals surface area contributed by atoms with Gasteiger partial charge in [0.15, 0.2) is 18.1 Å². The van der Waals surface area contributed by atoms with E-state index in [1.807, 2.05) is 13.0 Å². The molecule has 0 aliphatic heterocycles. The third-order valence-corrected chi connectivity index (χ3v) is 3.42. The van der Waals surface area contributed by atoms with Crippen molar-refractivity contribution in [2.24, 2.45) is 5.10 Å². The van der Waals surface area contributed by atoms with E-state index in [0.29, 0.717) is 23.0 Å². The molecule has 0 saturated carbocycles. The lowest BCUT2D eigenvalue weighted by molar-refractivity contribution is -0.123. The number of halogens is 1. The molecular weight excluding hydrogens is 364 g/mol. The summed E-state index contributed by atoms with van der Waals surface area (Å²) in [6.07, 6.45) is 0. The molecule has 2 rings (SSSR count). The largest absolute Gasteiger partial charge is 0.493 e. The van der Waals surface area contributed by atoms with E-state index in [9.17, 15) is 4.79 Å². The van der Waals surface area contributed by atoms with Crippen molar-refractivity contribution in [1.82, 2.24) is 5.43 Å². The van der Waals surface area contributed by atoms with Crippen molar-refractivity contribution in [3.63, 3.8) is 0 Å². The van der Waals surface area contributed by atoms with Crippen LogP contribution >= 0.6 is 15.9 Å².